The number of benzene rings is 1. The number of hydrogen-bond acceptors (Lipinski definition) is 1. The van der Waals surface area contributed by atoms with Crippen molar-refractivity contribution >= 4 is 11.8 Å². The van der Waals surface area contributed by atoms with E-state index in [0.29, 0.717) is 0 Å². The molecule has 1 rings (SSSR count). The SMILES string of the molecule is CCCc1cc(C)cc(SC)c1. The van der Waals surface area contributed by atoms with Gasteiger partial charge >= 0.3 is 0 Å². The molecule has 0 aliphatic heterocycles. The molecule has 0 nitrogen and oxygen atoms in total. The lowest BCUT2D eigenvalue weighted by atomic mass is 10.1. The topological polar surface area (TPSA) is 0 Å². The maximum Gasteiger partial charge on any atom is 0.00745 e. The van der Waals surface area contributed by atoms with Crippen LogP contribution in [0.25, 0.3) is 0 Å². The maximum absolute atomic E-state index is 2.29. The van der Waals surface area contributed by atoms with Crippen LogP contribution in [0.3, 0.4) is 0 Å². The zero-order chi connectivity index (χ0) is 8.97. The Morgan fingerprint density at radius 2 is 2.00 bits per heavy atom. The number of rotatable bonds is 3. The van der Waals surface area contributed by atoms with Crippen molar-refractivity contribution in [1.29, 1.82) is 0 Å². The molecule has 0 N–H and O–H groups in total. The van der Waals surface area contributed by atoms with E-state index in [-0.39, 0.29) is 0 Å². The number of hydrogen-bond donors (Lipinski definition) is 0. The molecule has 0 aliphatic rings. The monoisotopic (exact) mass is 180 g/mol. The Labute approximate surface area is 79.4 Å². The first kappa shape index (κ1) is 9.66. The smallest absolute Gasteiger partial charge is 0.00745 e. The predicted molar refractivity (Wildman–Crippen MR) is 57.0 cm³/mol. The van der Waals surface area contributed by atoms with E-state index in [9.17, 15) is 0 Å². The van der Waals surface area contributed by atoms with Gasteiger partial charge in [-0.25, -0.2) is 0 Å². The Morgan fingerprint density at radius 1 is 1.25 bits per heavy atom. The minimum Gasteiger partial charge on any atom is -0.130 e. The van der Waals surface area contributed by atoms with E-state index < -0.39 is 0 Å². The fourth-order valence-electron chi connectivity index (χ4n) is 1.38. The second kappa shape index (κ2) is 4.56. The summed E-state index contributed by atoms with van der Waals surface area (Å²) in [5.41, 5.74) is 2.85. The molecule has 12 heavy (non-hydrogen) atoms. The third-order valence-electron chi connectivity index (χ3n) is 1.89. The highest BCUT2D eigenvalue weighted by Crippen LogP contribution is 2.19. The van der Waals surface area contributed by atoms with Crippen LogP contribution in [0.5, 0.6) is 0 Å². The van der Waals surface area contributed by atoms with Gasteiger partial charge in [0.05, 0.1) is 0 Å². The molecule has 0 heterocycles. The fraction of sp³-hybridized carbons (Fsp3) is 0.455. The highest BCUT2D eigenvalue weighted by Gasteiger charge is 1.96. The second-order valence-electron chi connectivity index (χ2n) is 3.11. The van der Waals surface area contributed by atoms with Crippen molar-refractivity contribution in [1.82, 2.24) is 0 Å². The quantitative estimate of drug-likeness (QED) is 0.640. The number of thioether (sulfide) groups is 1. The van der Waals surface area contributed by atoms with Crippen molar-refractivity contribution in [3.8, 4) is 0 Å². The fourth-order valence-corrected chi connectivity index (χ4v) is 1.95. The molecule has 66 valence electrons. The Balaban J connectivity index is 2.90. The average Bonchev–Trinajstić information content (AvgIpc) is 2.04. The third-order valence-corrected chi connectivity index (χ3v) is 2.59. The third kappa shape index (κ3) is 2.56. The standard InChI is InChI=1S/C11H16S/c1-4-5-10-6-9(2)7-11(8-10)12-3/h6-8H,4-5H2,1-3H3. The molecule has 0 atom stereocenters. The minimum atomic E-state index is 1.20. The first-order valence-corrected chi connectivity index (χ1v) is 5.63. The Hall–Kier alpha value is -0.430. The Bertz CT molecular complexity index is 253. The molecule has 1 aromatic carbocycles. The van der Waals surface area contributed by atoms with Gasteiger partial charge in [0.2, 0.25) is 0 Å². The summed E-state index contributed by atoms with van der Waals surface area (Å²) in [7, 11) is 0. The maximum atomic E-state index is 2.29. The van der Waals surface area contributed by atoms with Crippen LogP contribution in [0.2, 0.25) is 0 Å². The molecule has 0 unspecified atom stereocenters. The van der Waals surface area contributed by atoms with E-state index in [1.807, 2.05) is 11.8 Å². The molecule has 0 aliphatic carbocycles. The lowest BCUT2D eigenvalue weighted by molar-refractivity contribution is 0.915. The number of aryl methyl sites for hydroxylation is 2. The molecular weight excluding hydrogens is 164 g/mol. The summed E-state index contributed by atoms with van der Waals surface area (Å²) in [6, 6.07) is 6.81. The van der Waals surface area contributed by atoms with Gasteiger partial charge in [0.15, 0.2) is 0 Å². The summed E-state index contributed by atoms with van der Waals surface area (Å²) in [5, 5.41) is 0. The van der Waals surface area contributed by atoms with Crippen LogP contribution in [0.4, 0.5) is 0 Å². The molecule has 0 saturated carbocycles. The largest absolute Gasteiger partial charge is 0.130 e. The lowest BCUT2D eigenvalue weighted by Crippen LogP contribution is -1.85. The summed E-state index contributed by atoms with van der Waals surface area (Å²) in [6.07, 6.45) is 4.57. The molecule has 0 fully saturated rings. The lowest BCUT2D eigenvalue weighted by Gasteiger charge is -2.03. The van der Waals surface area contributed by atoms with Crippen molar-refractivity contribution in [2.24, 2.45) is 0 Å². The highest BCUT2D eigenvalue weighted by atomic mass is 32.2. The zero-order valence-electron chi connectivity index (χ0n) is 8.05. The first-order chi connectivity index (χ1) is 5.76. The molecule has 0 amide bonds. The molecule has 0 saturated heterocycles. The molecule has 0 aromatic heterocycles. The summed E-state index contributed by atoms with van der Waals surface area (Å²) in [6.45, 7) is 4.39. The van der Waals surface area contributed by atoms with Crippen LogP contribution in [-0.2, 0) is 6.42 Å². The minimum absolute atomic E-state index is 1.20. The van der Waals surface area contributed by atoms with Gasteiger partial charge in [-0.15, -0.1) is 11.8 Å². The van der Waals surface area contributed by atoms with Gasteiger partial charge in [0.25, 0.3) is 0 Å². The molecule has 1 heteroatoms. The molecular formula is C11H16S. The van der Waals surface area contributed by atoms with Crippen LogP contribution in [0.15, 0.2) is 23.1 Å². The van der Waals surface area contributed by atoms with E-state index in [2.05, 4.69) is 38.3 Å². The molecule has 0 spiro atoms. The van der Waals surface area contributed by atoms with E-state index in [1.165, 1.54) is 28.9 Å². The highest BCUT2D eigenvalue weighted by molar-refractivity contribution is 7.98. The van der Waals surface area contributed by atoms with Crippen LogP contribution >= 0.6 is 11.8 Å². The summed E-state index contributed by atoms with van der Waals surface area (Å²) in [4.78, 5) is 1.39. The van der Waals surface area contributed by atoms with Crippen LogP contribution in [0.1, 0.15) is 24.5 Å². The molecule has 0 bridgehead atoms. The predicted octanol–water partition coefficient (Wildman–Crippen LogP) is 3.67. The van der Waals surface area contributed by atoms with Gasteiger partial charge in [-0.1, -0.05) is 19.4 Å². The van der Waals surface area contributed by atoms with E-state index >= 15 is 0 Å². The van der Waals surface area contributed by atoms with Crippen LogP contribution in [0, 0.1) is 6.92 Å². The van der Waals surface area contributed by atoms with Gasteiger partial charge in [-0.2, -0.15) is 0 Å². The van der Waals surface area contributed by atoms with Crippen molar-refractivity contribution in [3.05, 3.63) is 29.3 Å². The van der Waals surface area contributed by atoms with Crippen LogP contribution in [-0.4, -0.2) is 6.26 Å². The first-order valence-electron chi connectivity index (χ1n) is 4.41. The summed E-state index contributed by atoms with van der Waals surface area (Å²) in [5.74, 6) is 0. The molecule has 1 aromatic rings. The second-order valence-corrected chi connectivity index (χ2v) is 3.99. The van der Waals surface area contributed by atoms with E-state index in [0.717, 1.165) is 0 Å². The van der Waals surface area contributed by atoms with Gasteiger partial charge < -0.3 is 0 Å². The molecule has 0 radical (unpaired) electrons. The normalized spacial score (nSPS) is 10.2. The van der Waals surface area contributed by atoms with E-state index in [1.54, 1.807) is 0 Å². The summed E-state index contributed by atoms with van der Waals surface area (Å²) >= 11 is 1.82. The van der Waals surface area contributed by atoms with Gasteiger partial charge in [0.1, 0.15) is 0 Å². The van der Waals surface area contributed by atoms with Crippen molar-refractivity contribution in [2.75, 3.05) is 6.26 Å². The zero-order valence-corrected chi connectivity index (χ0v) is 8.87. The van der Waals surface area contributed by atoms with E-state index in [4.69, 9.17) is 0 Å². The summed E-state index contributed by atoms with van der Waals surface area (Å²) < 4.78 is 0. The van der Waals surface area contributed by atoms with Crippen molar-refractivity contribution in [3.63, 3.8) is 0 Å². The Morgan fingerprint density at radius 3 is 2.58 bits per heavy atom. The van der Waals surface area contributed by atoms with Gasteiger partial charge in [-0.05, 0) is 42.9 Å². The average molecular weight is 180 g/mol. The van der Waals surface area contributed by atoms with Gasteiger partial charge in [0, 0.05) is 4.90 Å². The Kier molecular flexibility index (Phi) is 3.67. The van der Waals surface area contributed by atoms with Crippen LogP contribution < -0.4 is 0 Å². The van der Waals surface area contributed by atoms with Gasteiger partial charge in [-0.3, -0.25) is 0 Å². The van der Waals surface area contributed by atoms with Crippen molar-refractivity contribution < 1.29 is 0 Å². The van der Waals surface area contributed by atoms with Crippen molar-refractivity contribution in [2.45, 2.75) is 31.6 Å².